The number of morpholine rings is 1. The topological polar surface area (TPSA) is 34.6 Å². The molecule has 0 N–H and O–H groups in total. The van der Waals surface area contributed by atoms with E-state index in [4.69, 9.17) is 14.5 Å². The maximum Gasteiger partial charge on any atom is 0.125 e. The number of fused-ring (bicyclic) bond motifs is 1. The number of ether oxygens (including phenoxy) is 2. The first kappa shape index (κ1) is 18.2. The van der Waals surface area contributed by atoms with E-state index < -0.39 is 0 Å². The Hall–Kier alpha value is -1.13. The van der Waals surface area contributed by atoms with Crippen LogP contribution in [0, 0.1) is 6.92 Å². The van der Waals surface area contributed by atoms with Gasteiger partial charge in [-0.3, -0.25) is 9.88 Å². The molecule has 23 heavy (non-hydrogen) atoms. The van der Waals surface area contributed by atoms with Gasteiger partial charge in [-0.25, -0.2) is 0 Å². The number of pyridine rings is 1. The zero-order chi connectivity index (χ0) is 17.0. The number of aromatic nitrogens is 1. The fourth-order valence-corrected chi connectivity index (χ4v) is 3.81. The second-order valence-electron chi connectivity index (χ2n) is 6.50. The lowest BCUT2D eigenvalue weighted by Gasteiger charge is -2.42. The molecule has 0 aromatic carbocycles. The van der Waals surface area contributed by atoms with E-state index in [-0.39, 0.29) is 0 Å². The standard InChI is InChI=1S/C17H26N2O2.C2H6/c1-11-7-17(20-4)15-8-14(5-6-16(15)18-11)19-9-12(2)21-13(3)10-19;1-2/h7,12-14H,5-6,8-10H2,1-4H3;1-2H3. The van der Waals surface area contributed by atoms with Gasteiger partial charge in [-0.05, 0) is 40.0 Å². The highest BCUT2D eigenvalue weighted by atomic mass is 16.5. The van der Waals surface area contributed by atoms with Crippen molar-refractivity contribution in [2.24, 2.45) is 0 Å². The predicted octanol–water partition coefficient (Wildman–Crippen LogP) is 3.39. The molecular formula is C19H32N2O2. The van der Waals surface area contributed by atoms with Crippen molar-refractivity contribution in [1.29, 1.82) is 0 Å². The Morgan fingerprint density at radius 1 is 1.22 bits per heavy atom. The highest BCUT2D eigenvalue weighted by molar-refractivity contribution is 5.40. The summed E-state index contributed by atoms with van der Waals surface area (Å²) in [6.07, 6.45) is 3.94. The lowest BCUT2D eigenvalue weighted by Crippen LogP contribution is -2.51. The Morgan fingerprint density at radius 2 is 1.87 bits per heavy atom. The monoisotopic (exact) mass is 320 g/mol. The third-order valence-electron chi connectivity index (χ3n) is 4.64. The van der Waals surface area contributed by atoms with Crippen molar-refractivity contribution < 1.29 is 9.47 Å². The van der Waals surface area contributed by atoms with E-state index in [9.17, 15) is 0 Å². The minimum atomic E-state index is 0.327. The van der Waals surface area contributed by atoms with Gasteiger partial charge in [0.2, 0.25) is 0 Å². The van der Waals surface area contributed by atoms with Crippen LogP contribution < -0.4 is 4.74 Å². The Bertz CT molecular complexity index is 491. The van der Waals surface area contributed by atoms with Gasteiger partial charge in [-0.15, -0.1) is 0 Å². The largest absolute Gasteiger partial charge is 0.496 e. The van der Waals surface area contributed by atoms with Crippen LogP contribution in [0.5, 0.6) is 5.75 Å². The summed E-state index contributed by atoms with van der Waals surface area (Å²) in [5.74, 6) is 1.01. The molecular weight excluding hydrogens is 288 g/mol. The molecule has 1 aromatic heterocycles. The number of nitrogens with zero attached hydrogens (tertiary/aromatic N) is 2. The zero-order valence-corrected chi connectivity index (χ0v) is 15.6. The fourth-order valence-electron chi connectivity index (χ4n) is 3.81. The summed E-state index contributed by atoms with van der Waals surface area (Å²) in [5.41, 5.74) is 3.60. The third kappa shape index (κ3) is 4.24. The molecule has 1 fully saturated rings. The van der Waals surface area contributed by atoms with E-state index in [1.807, 2.05) is 20.8 Å². The first-order valence-electron chi connectivity index (χ1n) is 8.99. The van der Waals surface area contributed by atoms with Crippen LogP contribution in [0.1, 0.15) is 51.1 Å². The van der Waals surface area contributed by atoms with Gasteiger partial charge in [-0.2, -0.15) is 0 Å². The molecule has 3 atom stereocenters. The van der Waals surface area contributed by atoms with Crippen molar-refractivity contribution in [3.8, 4) is 5.75 Å². The van der Waals surface area contributed by atoms with Crippen LogP contribution in [-0.2, 0) is 17.6 Å². The average molecular weight is 320 g/mol. The summed E-state index contributed by atoms with van der Waals surface area (Å²) >= 11 is 0. The minimum absolute atomic E-state index is 0.327. The molecule has 0 bridgehead atoms. The van der Waals surface area contributed by atoms with E-state index in [1.54, 1.807) is 7.11 Å². The molecule has 3 unspecified atom stereocenters. The van der Waals surface area contributed by atoms with Gasteiger partial charge in [0.05, 0.1) is 19.3 Å². The third-order valence-corrected chi connectivity index (χ3v) is 4.64. The number of hydrogen-bond donors (Lipinski definition) is 0. The maximum atomic E-state index is 5.86. The Kier molecular flexibility index (Phi) is 6.42. The molecule has 4 nitrogen and oxygen atoms in total. The molecule has 0 saturated carbocycles. The van der Waals surface area contributed by atoms with Crippen molar-refractivity contribution in [1.82, 2.24) is 9.88 Å². The summed E-state index contributed by atoms with van der Waals surface area (Å²) in [4.78, 5) is 7.31. The van der Waals surface area contributed by atoms with Crippen LogP contribution in [0.25, 0.3) is 0 Å². The van der Waals surface area contributed by atoms with E-state index in [0.717, 1.165) is 37.4 Å². The van der Waals surface area contributed by atoms with Crippen LogP contribution in [0.3, 0.4) is 0 Å². The number of aryl methyl sites for hydroxylation is 2. The van der Waals surface area contributed by atoms with E-state index >= 15 is 0 Å². The number of methoxy groups -OCH3 is 1. The molecule has 0 radical (unpaired) electrons. The molecule has 3 rings (SSSR count). The van der Waals surface area contributed by atoms with Crippen molar-refractivity contribution in [3.05, 3.63) is 23.0 Å². The molecule has 2 heterocycles. The van der Waals surface area contributed by atoms with Gasteiger partial charge in [0.25, 0.3) is 0 Å². The first-order chi connectivity index (χ1) is 11.1. The molecule has 0 spiro atoms. The molecule has 1 aliphatic heterocycles. The molecule has 1 aliphatic carbocycles. The van der Waals surface area contributed by atoms with Crippen molar-refractivity contribution in [2.75, 3.05) is 20.2 Å². The second-order valence-corrected chi connectivity index (χ2v) is 6.50. The highest BCUT2D eigenvalue weighted by Crippen LogP contribution is 2.32. The Morgan fingerprint density at radius 3 is 2.48 bits per heavy atom. The van der Waals surface area contributed by atoms with Crippen LogP contribution in [0.2, 0.25) is 0 Å². The average Bonchev–Trinajstić information content (AvgIpc) is 2.54. The van der Waals surface area contributed by atoms with Gasteiger partial charge >= 0.3 is 0 Å². The van der Waals surface area contributed by atoms with Crippen LogP contribution in [0.15, 0.2) is 6.07 Å². The number of rotatable bonds is 2. The van der Waals surface area contributed by atoms with Crippen LogP contribution in [-0.4, -0.2) is 48.3 Å². The van der Waals surface area contributed by atoms with Gasteiger partial charge in [0.1, 0.15) is 5.75 Å². The summed E-state index contributed by atoms with van der Waals surface area (Å²) < 4.78 is 11.4. The molecule has 4 heteroatoms. The van der Waals surface area contributed by atoms with Crippen molar-refractivity contribution in [3.63, 3.8) is 0 Å². The SMILES string of the molecule is CC.COc1cc(C)nc2c1CC(N1CC(C)OC(C)C1)CC2. The Labute approximate surface area is 141 Å². The van der Waals surface area contributed by atoms with Crippen LogP contribution >= 0.6 is 0 Å². The maximum absolute atomic E-state index is 5.86. The van der Waals surface area contributed by atoms with Gasteiger partial charge in [-0.1, -0.05) is 13.8 Å². The smallest absolute Gasteiger partial charge is 0.125 e. The fraction of sp³-hybridized carbons (Fsp3) is 0.737. The molecule has 1 saturated heterocycles. The normalized spacial score (nSPS) is 27.7. The zero-order valence-electron chi connectivity index (χ0n) is 15.6. The lowest BCUT2D eigenvalue weighted by atomic mass is 9.89. The molecule has 130 valence electrons. The quantitative estimate of drug-likeness (QED) is 0.836. The van der Waals surface area contributed by atoms with Gasteiger partial charge in [0, 0.05) is 42.1 Å². The number of hydrogen-bond acceptors (Lipinski definition) is 4. The summed E-state index contributed by atoms with van der Waals surface area (Å²) in [6, 6.07) is 2.65. The van der Waals surface area contributed by atoms with Crippen molar-refractivity contribution >= 4 is 0 Å². The van der Waals surface area contributed by atoms with E-state index in [0.29, 0.717) is 18.2 Å². The predicted molar refractivity (Wildman–Crippen MR) is 94.3 cm³/mol. The molecule has 0 amide bonds. The first-order valence-corrected chi connectivity index (χ1v) is 8.99. The lowest BCUT2D eigenvalue weighted by molar-refractivity contribution is -0.0817. The van der Waals surface area contributed by atoms with Crippen molar-refractivity contribution in [2.45, 2.75) is 72.1 Å². The van der Waals surface area contributed by atoms with Gasteiger partial charge in [0.15, 0.2) is 0 Å². The van der Waals surface area contributed by atoms with Gasteiger partial charge < -0.3 is 9.47 Å². The summed E-state index contributed by atoms with van der Waals surface area (Å²) in [6.45, 7) is 12.5. The summed E-state index contributed by atoms with van der Waals surface area (Å²) in [7, 11) is 1.76. The highest BCUT2D eigenvalue weighted by Gasteiger charge is 2.31. The summed E-state index contributed by atoms with van der Waals surface area (Å²) in [5, 5.41) is 0. The van der Waals surface area contributed by atoms with Crippen LogP contribution in [0.4, 0.5) is 0 Å². The Balaban J connectivity index is 0.000000924. The second kappa shape index (κ2) is 8.11. The molecule has 2 aliphatic rings. The van der Waals surface area contributed by atoms with E-state index in [1.165, 1.54) is 17.7 Å². The van der Waals surface area contributed by atoms with E-state index in [2.05, 4.69) is 24.8 Å². The molecule has 1 aromatic rings. The minimum Gasteiger partial charge on any atom is -0.496 e.